The van der Waals surface area contributed by atoms with E-state index in [1.54, 1.807) is 17.0 Å². The molecule has 0 aromatic heterocycles. The Labute approximate surface area is 219 Å². The third kappa shape index (κ3) is 8.13. The SMILES string of the molecule is Cc1ccc(C)c(OCC(=O)N(Cc2ccc(Cl)cc2)[C@@H](Cc2ccccc2)C(=O)NCC(C)C)c1. The fourth-order valence-corrected chi connectivity index (χ4v) is 3.97. The van der Waals surface area contributed by atoms with Crippen molar-refractivity contribution in [3.8, 4) is 5.75 Å². The van der Waals surface area contributed by atoms with Crippen LogP contribution >= 0.6 is 11.6 Å². The van der Waals surface area contributed by atoms with Gasteiger partial charge in [0.2, 0.25) is 5.91 Å². The number of benzene rings is 3. The quantitative estimate of drug-likeness (QED) is 0.360. The Balaban J connectivity index is 1.91. The molecule has 0 spiro atoms. The third-order valence-electron chi connectivity index (χ3n) is 5.92. The van der Waals surface area contributed by atoms with E-state index in [0.29, 0.717) is 29.7 Å². The molecule has 0 fully saturated rings. The van der Waals surface area contributed by atoms with Crippen molar-refractivity contribution in [2.45, 2.75) is 46.7 Å². The minimum Gasteiger partial charge on any atom is -0.483 e. The molecular weight excluding hydrogens is 472 g/mol. The van der Waals surface area contributed by atoms with Crippen molar-refractivity contribution in [3.63, 3.8) is 0 Å². The maximum Gasteiger partial charge on any atom is 0.261 e. The maximum atomic E-state index is 13.7. The van der Waals surface area contributed by atoms with E-state index in [4.69, 9.17) is 16.3 Å². The molecule has 0 aliphatic carbocycles. The zero-order chi connectivity index (χ0) is 26.1. The van der Waals surface area contributed by atoms with Crippen LogP contribution in [0.4, 0.5) is 0 Å². The summed E-state index contributed by atoms with van der Waals surface area (Å²) in [7, 11) is 0. The molecule has 0 radical (unpaired) electrons. The molecule has 36 heavy (non-hydrogen) atoms. The van der Waals surface area contributed by atoms with Crippen LogP contribution in [0.5, 0.6) is 5.75 Å². The number of amides is 2. The number of ether oxygens (including phenoxy) is 1. The number of nitrogens with zero attached hydrogens (tertiary/aromatic N) is 1. The molecule has 3 aromatic rings. The number of halogens is 1. The summed E-state index contributed by atoms with van der Waals surface area (Å²) in [6.07, 6.45) is 0.396. The van der Waals surface area contributed by atoms with Gasteiger partial charge in [0.1, 0.15) is 11.8 Å². The Morgan fingerprint density at radius 3 is 2.31 bits per heavy atom. The lowest BCUT2D eigenvalue weighted by Gasteiger charge is -2.32. The van der Waals surface area contributed by atoms with Gasteiger partial charge < -0.3 is 15.0 Å². The van der Waals surface area contributed by atoms with Crippen LogP contribution in [0.2, 0.25) is 5.02 Å². The Kier molecular flexibility index (Phi) is 9.95. The van der Waals surface area contributed by atoms with Gasteiger partial charge in [-0.3, -0.25) is 9.59 Å². The van der Waals surface area contributed by atoms with Crippen LogP contribution in [0.1, 0.15) is 36.1 Å². The van der Waals surface area contributed by atoms with Gasteiger partial charge in [0, 0.05) is 24.5 Å². The van der Waals surface area contributed by atoms with Crippen molar-refractivity contribution in [2.75, 3.05) is 13.2 Å². The highest BCUT2D eigenvalue weighted by Crippen LogP contribution is 2.21. The molecule has 0 bridgehead atoms. The third-order valence-corrected chi connectivity index (χ3v) is 6.17. The second-order valence-electron chi connectivity index (χ2n) is 9.55. The zero-order valence-corrected chi connectivity index (χ0v) is 22.2. The summed E-state index contributed by atoms with van der Waals surface area (Å²) in [5.74, 6) is 0.520. The van der Waals surface area contributed by atoms with Crippen LogP contribution in [0, 0.1) is 19.8 Å². The van der Waals surface area contributed by atoms with E-state index in [1.165, 1.54) is 0 Å². The predicted octanol–water partition coefficient (Wildman–Crippen LogP) is 5.75. The van der Waals surface area contributed by atoms with E-state index in [2.05, 4.69) is 5.32 Å². The summed E-state index contributed by atoms with van der Waals surface area (Å²) >= 11 is 6.08. The lowest BCUT2D eigenvalue weighted by Crippen LogP contribution is -2.52. The fourth-order valence-electron chi connectivity index (χ4n) is 3.85. The first-order valence-corrected chi connectivity index (χ1v) is 12.7. The first-order chi connectivity index (χ1) is 17.2. The second-order valence-corrected chi connectivity index (χ2v) is 9.99. The van der Waals surface area contributed by atoms with E-state index in [1.807, 2.05) is 88.4 Å². The van der Waals surface area contributed by atoms with E-state index in [0.717, 1.165) is 22.3 Å². The van der Waals surface area contributed by atoms with Gasteiger partial charge in [0.15, 0.2) is 6.61 Å². The van der Waals surface area contributed by atoms with Crippen LogP contribution in [-0.4, -0.2) is 35.9 Å². The van der Waals surface area contributed by atoms with Gasteiger partial charge in [-0.2, -0.15) is 0 Å². The summed E-state index contributed by atoms with van der Waals surface area (Å²) in [4.78, 5) is 28.7. The minimum absolute atomic E-state index is 0.166. The standard InChI is InChI=1S/C30H35ClN2O3/c1-21(2)18-32-30(35)27(17-24-8-6-5-7-9-24)33(19-25-12-14-26(31)15-13-25)29(34)20-36-28-16-22(3)10-11-23(28)4/h5-16,21,27H,17-20H2,1-4H3,(H,32,35)/t27-/m0/s1. The zero-order valence-electron chi connectivity index (χ0n) is 21.5. The minimum atomic E-state index is -0.698. The predicted molar refractivity (Wildman–Crippen MR) is 145 cm³/mol. The van der Waals surface area contributed by atoms with E-state index >= 15 is 0 Å². The van der Waals surface area contributed by atoms with Gasteiger partial charge in [-0.25, -0.2) is 0 Å². The van der Waals surface area contributed by atoms with Crippen molar-refractivity contribution in [1.29, 1.82) is 0 Å². The Hall–Kier alpha value is -3.31. The van der Waals surface area contributed by atoms with Gasteiger partial charge in [-0.1, -0.05) is 80.0 Å². The molecular formula is C30H35ClN2O3. The Morgan fingerprint density at radius 1 is 0.944 bits per heavy atom. The maximum absolute atomic E-state index is 13.7. The molecule has 5 nitrogen and oxygen atoms in total. The molecule has 3 rings (SSSR count). The molecule has 0 saturated carbocycles. The smallest absolute Gasteiger partial charge is 0.261 e. The van der Waals surface area contributed by atoms with Gasteiger partial charge >= 0.3 is 0 Å². The van der Waals surface area contributed by atoms with Crippen molar-refractivity contribution in [3.05, 3.63) is 100 Å². The van der Waals surface area contributed by atoms with Crippen molar-refractivity contribution < 1.29 is 14.3 Å². The summed E-state index contributed by atoms with van der Waals surface area (Å²) in [5, 5.41) is 3.64. The van der Waals surface area contributed by atoms with Crippen LogP contribution in [-0.2, 0) is 22.6 Å². The van der Waals surface area contributed by atoms with Gasteiger partial charge in [0.25, 0.3) is 5.91 Å². The van der Waals surface area contributed by atoms with Crippen LogP contribution in [0.25, 0.3) is 0 Å². The largest absolute Gasteiger partial charge is 0.483 e. The number of rotatable bonds is 11. The average molecular weight is 507 g/mol. The highest BCUT2D eigenvalue weighted by Gasteiger charge is 2.30. The monoisotopic (exact) mass is 506 g/mol. The topological polar surface area (TPSA) is 58.6 Å². The van der Waals surface area contributed by atoms with Crippen LogP contribution in [0.3, 0.4) is 0 Å². The van der Waals surface area contributed by atoms with Gasteiger partial charge in [0.05, 0.1) is 0 Å². The molecule has 1 N–H and O–H groups in total. The number of nitrogens with one attached hydrogen (secondary N) is 1. The lowest BCUT2D eigenvalue weighted by molar-refractivity contribution is -0.142. The molecule has 3 aromatic carbocycles. The normalized spacial score (nSPS) is 11.7. The first-order valence-electron chi connectivity index (χ1n) is 12.3. The second kappa shape index (κ2) is 13.1. The average Bonchev–Trinajstić information content (AvgIpc) is 2.86. The fraction of sp³-hybridized carbons (Fsp3) is 0.333. The van der Waals surface area contributed by atoms with Crippen LogP contribution < -0.4 is 10.1 Å². The molecule has 0 heterocycles. The summed E-state index contributed by atoms with van der Waals surface area (Å²) in [6, 6.07) is 22.3. The molecule has 1 atom stereocenters. The van der Waals surface area contributed by atoms with Crippen molar-refractivity contribution in [2.24, 2.45) is 5.92 Å². The number of aryl methyl sites for hydroxylation is 2. The molecule has 0 unspecified atom stereocenters. The molecule has 190 valence electrons. The molecule has 0 aliphatic heterocycles. The molecule has 0 saturated heterocycles. The molecule has 6 heteroatoms. The van der Waals surface area contributed by atoms with Gasteiger partial charge in [-0.05, 0) is 60.2 Å². The van der Waals surface area contributed by atoms with E-state index < -0.39 is 6.04 Å². The lowest BCUT2D eigenvalue weighted by atomic mass is 10.0. The number of hydrogen-bond donors (Lipinski definition) is 1. The molecule has 0 aliphatic rings. The summed E-state index contributed by atoms with van der Waals surface area (Å²) in [5.41, 5.74) is 3.87. The first kappa shape index (κ1) is 27.3. The van der Waals surface area contributed by atoms with Crippen molar-refractivity contribution in [1.82, 2.24) is 10.2 Å². The number of hydrogen-bond acceptors (Lipinski definition) is 3. The summed E-state index contributed by atoms with van der Waals surface area (Å²) < 4.78 is 5.95. The highest BCUT2D eigenvalue weighted by atomic mass is 35.5. The summed E-state index contributed by atoms with van der Waals surface area (Å²) in [6.45, 7) is 8.64. The van der Waals surface area contributed by atoms with Gasteiger partial charge in [-0.15, -0.1) is 0 Å². The van der Waals surface area contributed by atoms with E-state index in [-0.39, 0.29) is 25.0 Å². The molecule has 2 amide bonds. The van der Waals surface area contributed by atoms with E-state index in [9.17, 15) is 9.59 Å². The number of carbonyl (C=O) groups is 2. The number of carbonyl (C=O) groups excluding carboxylic acids is 2. The van der Waals surface area contributed by atoms with Crippen molar-refractivity contribution >= 4 is 23.4 Å². The Morgan fingerprint density at radius 2 is 1.64 bits per heavy atom. The Bertz CT molecular complexity index is 1150. The van der Waals surface area contributed by atoms with Crippen LogP contribution in [0.15, 0.2) is 72.8 Å². The highest BCUT2D eigenvalue weighted by molar-refractivity contribution is 6.30.